The van der Waals surface area contributed by atoms with E-state index in [4.69, 9.17) is 4.74 Å². The summed E-state index contributed by atoms with van der Waals surface area (Å²) in [6.07, 6.45) is 4.36. The number of ether oxygens (including phenoxy) is 1. The fourth-order valence-electron chi connectivity index (χ4n) is 3.15. The normalized spacial score (nSPS) is 23.3. The molecule has 0 aliphatic carbocycles. The van der Waals surface area contributed by atoms with Crippen molar-refractivity contribution in [2.24, 2.45) is 17.8 Å². The first kappa shape index (κ1) is 17.9. The van der Waals surface area contributed by atoms with E-state index in [0.717, 1.165) is 25.9 Å². The fourth-order valence-corrected chi connectivity index (χ4v) is 5.07. The van der Waals surface area contributed by atoms with Gasteiger partial charge < -0.3 is 10.1 Å². The molecule has 1 saturated heterocycles. The second-order valence-corrected chi connectivity index (χ2v) is 8.27. The molecule has 0 radical (unpaired) electrons. The molecule has 20 heavy (non-hydrogen) atoms. The van der Waals surface area contributed by atoms with Gasteiger partial charge in [0.05, 0.1) is 18.1 Å². The third-order valence-electron chi connectivity index (χ3n) is 4.61. The summed E-state index contributed by atoms with van der Waals surface area (Å²) in [6.45, 7) is 6.93. The van der Waals surface area contributed by atoms with Crippen LogP contribution in [0.5, 0.6) is 0 Å². The first-order valence-corrected chi connectivity index (χ1v) is 9.74. The van der Waals surface area contributed by atoms with Gasteiger partial charge in [0.25, 0.3) is 0 Å². The zero-order valence-electron chi connectivity index (χ0n) is 13.2. The second kappa shape index (κ2) is 9.00. The monoisotopic (exact) mass is 305 g/mol. The molecule has 120 valence electrons. The van der Waals surface area contributed by atoms with Crippen molar-refractivity contribution < 1.29 is 13.2 Å². The van der Waals surface area contributed by atoms with Crippen LogP contribution < -0.4 is 5.32 Å². The molecule has 5 heteroatoms. The predicted octanol–water partition coefficient (Wildman–Crippen LogP) is 2.10. The van der Waals surface area contributed by atoms with Crippen molar-refractivity contribution in [3.8, 4) is 0 Å². The van der Waals surface area contributed by atoms with Gasteiger partial charge in [-0.05, 0) is 37.1 Å². The van der Waals surface area contributed by atoms with Crippen molar-refractivity contribution in [1.82, 2.24) is 5.32 Å². The van der Waals surface area contributed by atoms with Crippen molar-refractivity contribution >= 4 is 9.84 Å². The highest BCUT2D eigenvalue weighted by Crippen LogP contribution is 2.31. The minimum atomic E-state index is -2.78. The third kappa shape index (κ3) is 6.10. The summed E-state index contributed by atoms with van der Waals surface area (Å²) in [4.78, 5) is 0. The molecule has 0 aromatic heterocycles. The van der Waals surface area contributed by atoms with Crippen molar-refractivity contribution in [3.63, 3.8) is 0 Å². The summed E-state index contributed by atoms with van der Waals surface area (Å²) in [5.41, 5.74) is 0. The lowest BCUT2D eigenvalue weighted by molar-refractivity contribution is 0.192. The SMILES string of the molecule is CCC(CC)CC(CNCCOC)C1CCS(=O)(=O)C1. The highest BCUT2D eigenvalue weighted by Gasteiger charge is 2.34. The van der Waals surface area contributed by atoms with E-state index < -0.39 is 9.84 Å². The van der Waals surface area contributed by atoms with Crippen molar-refractivity contribution in [1.29, 1.82) is 0 Å². The van der Waals surface area contributed by atoms with E-state index in [-0.39, 0.29) is 0 Å². The maximum atomic E-state index is 11.7. The third-order valence-corrected chi connectivity index (χ3v) is 6.41. The average Bonchev–Trinajstić information content (AvgIpc) is 2.78. The molecule has 0 bridgehead atoms. The molecule has 4 nitrogen and oxygen atoms in total. The number of sulfone groups is 1. The zero-order valence-corrected chi connectivity index (χ0v) is 14.0. The molecule has 1 heterocycles. The van der Waals surface area contributed by atoms with Crippen LogP contribution in [0.4, 0.5) is 0 Å². The lowest BCUT2D eigenvalue weighted by Crippen LogP contribution is -2.32. The van der Waals surface area contributed by atoms with Crippen LogP contribution in [0.1, 0.15) is 39.5 Å². The van der Waals surface area contributed by atoms with Gasteiger partial charge >= 0.3 is 0 Å². The van der Waals surface area contributed by atoms with Gasteiger partial charge in [-0.15, -0.1) is 0 Å². The van der Waals surface area contributed by atoms with E-state index in [1.165, 1.54) is 12.8 Å². The molecule has 0 aromatic rings. The highest BCUT2D eigenvalue weighted by molar-refractivity contribution is 7.91. The maximum Gasteiger partial charge on any atom is 0.150 e. The minimum Gasteiger partial charge on any atom is -0.383 e. The standard InChI is InChI=1S/C15H31NO3S/c1-4-13(5-2)10-15(11-16-7-8-19-3)14-6-9-20(17,18)12-14/h13-16H,4-12H2,1-3H3. The van der Waals surface area contributed by atoms with Crippen LogP contribution in [0.2, 0.25) is 0 Å². The Morgan fingerprint density at radius 3 is 2.50 bits per heavy atom. The van der Waals surface area contributed by atoms with Crippen LogP contribution in [0.25, 0.3) is 0 Å². The molecule has 0 saturated carbocycles. The molecule has 2 atom stereocenters. The summed E-state index contributed by atoms with van der Waals surface area (Å²) < 4.78 is 28.5. The molecule has 0 amide bonds. The summed E-state index contributed by atoms with van der Waals surface area (Å²) in [7, 11) is -1.08. The molecule has 1 rings (SSSR count). The van der Waals surface area contributed by atoms with Crippen LogP contribution in [0, 0.1) is 17.8 Å². The van der Waals surface area contributed by atoms with Crippen LogP contribution in [-0.4, -0.2) is 46.7 Å². The molecule has 1 fully saturated rings. The molecule has 0 spiro atoms. The van der Waals surface area contributed by atoms with E-state index >= 15 is 0 Å². The Kier molecular flexibility index (Phi) is 8.07. The first-order chi connectivity index (χ1) is 9.52. The number of rotatable bonds is 10. The molecular formula is C15H31NO3S. The summed E-state index contributed by atoms with van der Waals surface area (Å²) in [6, 6.07) is 0. The topological polar surface area (TPSA) is 55.4 Å². The van der Waals surface area contributed by atoms with E-state index in [2.05, 4.69) is 19.2 Å². The van der Waals surface area contributed by atoms with E-state index in [1.807, 2.05) is 0 Å². The van der Waals surface area contributed by atoms with Gasteiger partial charge in [-0.2, -0.15) is 0 Å². The number of hydrogen-bond donors (Lipinski definition) is 1. The Morgan fingerprint density at radius 1 is 1.30 bits per heavy atom. The van der Waals surface area contributed by atoms with Crippen molar-refractivity contribution in [2.75, 3.05) is 38.3 Å². The predicted molar refractivity (Wildman–Crippen MR) is 83.7 cm³/mol. The van der Waals surface area contributed by atoms with Gasteiger partial charge in [-0.1, -0.05) is 26.7 Å². The number of nitrogens with one attached hydrogen (secondary N) is 1. The molecule has 1 N–H and O–H groups in total. The Bertz CT molecular complexity index is 352. The van der Waals surface area contributed by atoms with Gasteiger partial charge in [0.15, 0.2) is 9.84 Å². The van der Waals surface area contributed by atoms with E-state index in [1.54, 1.807) is 7.11 Å². The lowest BCUT2D eigenvalue weighted by Gasteiger charge is -2.27. The maximum absolute atomic E-state index is 11.7. The Hall–Kier alpha value is -0.130. The quantitative estimate of drug-likeness (QED) is 0.628. The molecule has 1 aliphatic rings. The lowest BCUT2D eigenvalue weighted by atomic mass is 9.82. The molecule has 2 unspecified atom stereocenters. The average molecular weight is 305 g/mol. The van der Waals surface area contributed by atoms with E-state index in [9.17, 15) is 8.42 Å². The van der Waals surface area contributed by atoms with Gasteiger partial charge in [0.2, 0.25) is 0 Å². The second-order valence-electron chi connectivity index (χ2n) is 6.04. The first-order valence-electron chi connectivity index (χ1n) is 7.92. The van der Waals surface area contributed by atoms with Gasteiger partial charge in [0.1, 0.15) is 0 Å². The summed E-state index contributed by atoms with van der Waals surface area (Å²) in [5, 5.41) is 3.42. The van der Waals surface area contributed by atoms with Crippen molar-refractivity contribution in [2.45, 2.75) is 39.5 Å². The Morgan fingerprint density at radius 2 is 2.00 bits per heavy atom. The largest absolute Gasteiger partial charge is 0.383 e. The minimum absolute atomic E-state index is 0.343. The highest BCUT2D eigenvalue weighted by atomic mass is 32.2. The number of hydrogen-bond acceptors (Lipinski definition) is 4. The van der Waals surface area contributed by atoms with Crippen LogP contribution in [0.15, 0.2) is 0 Å². The zero-order chi connectivity index (χ0) is 15.0. The summed E-state index contributed by atoms with van der Waals surface area (Å²) >= 11 is 0. The molecular weight excluding hydrogens is 274 g/mol. The van der Waals surface area contributed by atoms with Crippen LogP contribution >= 0.6 is 0 Å². The molecule has 1 aliphatic heterocycles. The fraction of sp³-hybridized carbons (Fsp3) is 1.00. The molecule has 0 aromatic carbocycles. The summed E-state index contributed by atoms with van der Waals surface area (Å²) in [5.74, 6) is 2.32. The van der Waals surface area contributed by atoms with E-state index in [0.29, 0.717) is 35.9 Å². The van der Waals surface area contributed by atoms with Gasteiger partial charge in [0, 0.05) is 13.7 Å². The van der Waals surface area contributed by atoms with Crippen LogP contribution in [-0.2, 0) is 14.6 Å². The number of methoxy groups -OCH3 is 1. The van der Waals surface area contributed by atoms with Gasteiger partial charge in [-0.25, -0.2) is 8.42 Å². The van der Waals surface area contributed by atoms with Crippen LogP contribution in [0.3, 0.4) is 0 Å². The van der Waals surface area contributed by atoms with Gasteiger partial charge in [-0.3, -0.25) is 0 Å². The Labute approximate surface area is 124 Å². The van der Waals surface area contributed by atoms with Crippen molar-refractivity contribution in [3.05, 3.63) is 0 Å². The smallest absolute Gasteiger partial charge is 0.150 e. The Balaban J connectivity index is 2.54.